The first kappa shape index (κ1) is 16.9. The van der Waals surface area contributed by atoms with Gasteiger partial charge in [0.1, 0.15) is 11.6 Å². The Labute approximate surface area is 153 Å². The van der Waals surface area contributed by atoms with Crippen LogP contribution in [0.5, 0.6) is 5.75 Å². The Hall–Kier alpha value is -2.54. The lowest BCUT2D eigenvalue weighted by molar-refractivity contribution is 0.114. The Morgan fingerprint density at radius 1 is 1.15 bits per heavy atom. The maximum absolute atomic E-state index is 12.7. The molecular weight excluding hydrogens is 330 g/mol. The normalized spacial score (nSPS) is 20.5. The SMILES string of the molecule is COc1ccc(CN2C[C@H]3CN(Cc4nccn4C)CCN3C2=O)cc1. The van der Waals surface area contributed by atoms with E-state index in [1.807, 2.05) is 53.5 Å². The molecule has 2 fully saturated rings. The zero-order chi connectivity index (χ0) is 18.1. The second-order valence-corrected chi connectivity index (χ2v) is 7.05. The van der Waals surface area contributed by atoms with Gasteiger partial charge in [-0.25, -0.2) is 9.78 Å². The fourth-order valence-electron chi connectivity index (χ4n) is 3.82. The topological polar surface area (TPSA) is 53.8 Å². The summed E-state index contributed by atoms with van der Waals surface area (Å²) in [5, 5.41) is 0. The molecule has 0 unspecified atom stereocenters. The molecule has 0 saturated carbocycles. The summed E-state index contributed by atoms with van der Waals surface area (Å²) < 4.78 is 7.26. The Kier molecular flexibility index (Phi) is 4.55. The van der Waals surface area contributed by atoms with Crippen LogP contribution >= 0.6 is 0 Å². The summed E-state index contributed by atoms with van der Waals surface area (Å²) in [5.41, 5.74) is 1.13. The van der Waals surface area contributed by atoms with Gasteiger partial charge in [-0.2, -0.15) is 0 Å². The van der Waals surface area contributed by atoms with Crippen molar-refractivity contribution in [1.29, 1.82) is 0 Å². The lowest BCUT2D eigenvalue weighted by Crippen LogP contribution is -2.51. The number of piperazine rings is 1. The average molecular weight is 355 g/mol. The molecule has 4 rings (SSSR count). The van der Waals surface area contributed by atoms with Crippen LogP contribution in [0.15, 0.2) is 36.7 Å². The van der Waals surface area contributed by atoms with E-state index in [4.69, 9.17) is 4.74 Å². The van der Waals surface area contributed by atoms with Gasteiger partial charge in [-0.15, -0.1) is 0 Å². The molecule has 7 heteroatoms. The number of hydrogen-bond acceptors (Lipinski definition) is 4. The van der Waals surface area contributed by atoms with Crippen LogP contribution in [0.3, 0.4) is 0 Å². The van der Waals surface area contributed by atoms with Gasteiger partial charge in [-0.3, -0.25) is 4.90 Å². The lowest BCUT2D eigenvalue weighted by atomic mass is 10.2. The van der Waals surface area contributed by atoms with Gasteiger partial charge in [-0.1, -0.05) is 12.1 Å². The number of fused-ring (bicyclic) bond motifs is 1. The van der Waals surface area contributed by atoms with Gasteiger partial charge in [0.15, 0.2) is 0 Å². The highest BCUT2D eigenvalue weighted by atomic mass is 16.5. The zero-order valence-electron chi connectivity index (χ0n) is 15.3. The molecule has 1 aromatic carbocycles. The molecule has 26 heavy (non-hydrogen) atoms. The van der Waals surface area contributed by atoms with Crippen LogP contribution in [0.1, 0.15) is 11.4 Å². The Morgan fingerprint density at radius 2 is 1.96 bits per heavy atom. The first-order valence-corrected chi connectivity index (χ1v) is 9.01. The predicted octanol–water partition coefficient (Wildman–Crippen LogP) is 1.55. The minimum absolute atomic E-state index is 0.155. The van der Waals surface area contributed by atoms with E-state index in [9.17, 15) is 4.79 Å². The minimum atomic E-state index is 0.155. The van der Waals surface area contributed by atoms with Crippen LogP contribution in [0, 0.1) is 0 Å². The molecule has 2 saturated heterocycles. The monoisotopic (exact) mass is 355 g/mol. The van der Waals surface area contributed by atoms with Gasteiger partial charge >= 0.3 is 6.03 Å². The van der Waals surface area contributed by atoms with Crippen LogP contribution < -0.4 is 4.74 Å². The zero-order valence-corrected chi connectivity index (χ0v) is 15.3. The van der Waals surface area contributed by atoms with Gasteiger partial charge in [0.25, 0.3) is 0 Å². The number of amides is 2. The van der Waals surface area contributed by atoms with E-state index in [1.54, 1.807) is 7.11 Å². The minimum Gasteiger partial charge on any atom is -0.497 e. The van der Waals surface area contributed by atoms with Crippen molar-refractivity contribution in [2.45, 2.75) is 19.1 Å². The highest BCUT2D eigenvalue weighted by Crippen LogP contribution is 2.23. The van der Waals surface area contributed by atoms with Crippen LogP contribution in [0.4, 0.5) is 4.79 Å². The summed E-state index contributed by atoms with van der Waals surface area (Å²) in [4.78, 5) is 23.5. The molecule has 0 spiro atoms. The number of ether oxygens (including phenoxy) is 1. The average Bonchev–Trinajstić information content (AvgIpc) is 3.19. The largest absolute Gasteiger partial charge is 0.497 e. The molecule has 0 bridgehead atoms. The Morgan fingerprint density at radius 3 is 2.65 bits per heavy atom. The first-order chi connectivity index (χ1) is 12.6. The number of aromatic nitrogens is 2. The predicted molar refractivity (Wildman–Crippen MR) is 97.8 cm³/mol. The highest BCUT2D eigenvalue weighted by Gasteiger charge is 2.40. The van der Waals surface area contributed by atoms with Gasteiger partial charge in [0, 0.05) is 52.2 Å². The van der Waals surface area contributed by atoms with Crippen LogP contribution in [0.2, 0.25) is 0 Å². The van der Waals surface area contributed by atoms with Crippen molar-refractivity contribution >= 4 is 6.03 Å². The van der Waals surface area contributed by atoms with E-state index in [1.165, 1.54) is 0 Å². The molecule has 1 aromatic heterocycles. The first-order valence-electron chi connectivity index (χ1n) is 9.01. The summed E-state index contributed by atoms with van der Waals surface area (Å²) in [7, 11) is 3.68. The van der Waals surface area contributed by atoms with Crippen LogP contribution in [-0.2, 0) is 20.1 Å². The fourth-order valence-corrected chi connectivity index (χ4v) is 3.82. The van der Waals surface area contributed by atoms with E-state index in [0.29, 0.717) is 6.54 Å². The molecule has 1 atom stereocenters. The van der Waals surface area contributed by atoms with Gasteiger partial charge < -0.3 is 19.1 Å². The summed E-state index contributed by atoms with van der Waals surface area (Å²) in [5.74, 6) is 1.90. The maximum Gasteiger partial charge on any atom is 0.320 e. The number of carbonyl (C=O) groups excluding carboxylic acids is 1. The number of aryl methyl sites for hydroxylation is 1. The van der Waals surface area contributed by atoms with Crippen molar-refractivity contribution in [3.63, 3.8) is 0 Å². The molecular formula is C19H25N5O2. The van der Waals surface area contributed by atoms with E-state index in [-0.39, 0.29) is 12.1 Å². The Balaban J connectivity index is 1.38. The maximum atomic E-state index is 12.7. The van der Waals surface area contributed by atoms with Crippen LogP contribution in [0.25, 0.3) is 0 Å². The van der Waals surface area contributed by atoms with Gasteiger partial charge in [-0.05, 0) is 17.7 Å². The van der Waals surface area contributed by atoms with Crippen molar-refractivity contribution in [2.75, 3.05) is 33.3 Å². The number of methoxy groups -OCH3 is 1. The van der Waals surface area contributed by atoms with E-state index >= 15 is 0 Å². The molecule has 0 N–H and O–H groups in total. The molecule has 0 aliphatic carbocycles. The van der Waals surface area contributed by atoms with E-state index in [0.717, 1.165) is 49.9 Å². The van der Waals surface area contributed by atoms with Crippen molar-refractivity contribution in [3.05, 3.63) is 48.0 Å². The number of nitrogens with zero attached hydrogens (tertiary/aromatic N) is 5. The standard InChI is InChI=1S/C19H25N5O2/c1-21-8-7-20-18(21)14-22-9-10-24-16(12-22)13-23(19(24)25)11-15-3-5-17(26-2)6-4-15/h3-8,16H,9-14H2,1-2H3/t16-/m1/s1. The second kappa shape index (κ2) is 6.99. The number of benzene rings is 1. The quantitative estimate of drug-likeness (QED) is 0.817. The molecule has 7 nitrogen and oxygen atoms in total. The Bertz CT molecular complexity index is 772. The number of urea groups is 1. The third-order valence-corrected chi connectivity index (χ3v) is 5.33. The van der Waals surface area contributed by atoms with E-state index in [2.05, 4.69) is 14.5 Å². The summed E-state index contributed by atoms with van der Waals surface area (Å²) in [6, 6.07) is 8.35. The van der Waals surface area contributed by atoms with Crippen LogP contribution in [-0.4, -0.2) is 69.6 Å². The van der Waals surface area contributed by atoms with E-state index < -0.39 is 0 Å². The van der Waals surface area contributed by atoms with Crippen molar-refractivity contribution in [1.82, 2.24) is 24.3 Å². The molecule has 2 aliphatic heterocycles. The highest BCUT2D eigenvalue weighted by molar-refractivity contribution is 5.77. The molecule has 0 radical (unpaired) electrons. The smallest absolute Gasteiger partial charge is 0.320 e. The number of rotatable bonds is 5. The van der Waals surface area contributed by atoms with Crippen molar-refractivity contribution in [2.24, 2.45) is 7.05 Å². The molecule has 2 aromatic rings. The number of carbonyl (C=O) groups is 1. The molecule has 3 heterocycles. The van der Waals surface area contributed by atoms with Gasteiger partial charge in [0.2, 0.25) is 0 Å². The van der Waals surface area contributed by atoms with Crippen molar-refractivity contribution in [3.8, 4) is 5.75 Å². The van der Waals surface area contributed by atoms with Crippen molar-refractivity contribution < 1.29 is 9.53 Å². The fraction of sp³-hybridized carbons (Fsp3) is 0.474. The summed E-state index contributed by atoms with van der Waals surface area (Å²) in [6.07, 6.45) is 3.81. The third kappa shape index (κ3) is 3.26. The third-order valence-electron chi connectivity index (χ3n) is 5.33. The second-order valence-electron chi connectivity index (χ2n) is 7.05. The lowest BCUT2D eigenvalue weighted by Gasteiger charge is -2.36. The number of hydrogen-bond donors (Lipinski definition) is 0. The molecule has 2 aliphatic rings. The van der Waals surface area contributed by atoms with Gasteiger partial charge in [0.05, 0.1) is 19.7 Å². The number of imidazole rings is 1. The molecule has 2 amide bonds. The summed E-state index contributed by atoms with van der Waals surface area (Å²) >= 11 is 0. The molecule has 138 valence electrons. The summed E-state index contributed by atoms with van der Waals surface area (Å²) in [6.45, 7) is 4.84.